The van der Waals surface area contributed by atoms with Gasteiger partial charge < -0.3 is 5.11 Å². The number of fused-ring (bicyclic) bond motifs is 1. The Morgan fingerprint density at radius 2 is 1.38 bits per heavy atom. The zero-order valence-corrected chi connectivity index (χ0v) is 23.1. The van der Waals surface area contributed by atoms with Crippen LogP contribution in [0.5, 0.6) is 0 Å². The Kier molecular flexibility index (Phi) is 7.18. The predicted molar refractivity (Wildman–Crippen MR) is 150 cm³/mol. The van der Waals surface area contributed by atoms with Crippen LogP contribution < -0.4 is 0 Å². The van der Waals surface area contributed by atoms with Gasteiger partial charge in [0.15, 0.2) is 11.4 Å². The van der Waals surface area contributed by atoms with Crippen molar-refractivity contribution in [2.45, 2.75) is 35.6 Å². The highest BCUT2D eigenvalue weighted by Gasteiger charge is 2.43. The van der Waals surface area contributed by atoms with Crippen molar-refractivity contribution < 1.29 is 5.11 Å². The predicted octanol–water partition coefficient (Wildman–Crippen LogP) is 5.46. The second-order valence-corrected chi connectivity index (χ2v) is 11.7. The van der Waals surface area contributed by atoms with Crippen molar-refractivity contribution in [3.63, 3.8) is 0 Å². The Bertz CT molecular complexity index is 1290. The second kappa shape index (κ2) is 10.7. The molecule has 3 heterocycles. The summed E-state index contributed by atoms with van der Waals surface area (Å²) >= 11 is 5.22. The van der Waals surface area contributed by atoms with Gasteiger partial charge in [-0.25, -0.2) is 9.67 Å². The van der Waals surface area contributed by atoms with Crippen molar-refractivity contribution in [1.82, 2.24) is 24.6 Å². The first-order valence-corrected chi connectivity index (χ1v) is 14.4. The lowest BCUT2D eigenvalue weighted by Gasteiger charge is -2.44. The van der Waals surface area contributed by atoms with Crippen molar-refractivity contribution in [1.29, 1.82) is 0 Å². The molecule has 3 unspecified atom stereocenters. The summed E-state index contributed by atoms with van der Waals surface area (Å²) in [5.41, 5.74) is 3.85. The van der Waals surface area contributed by atoms with Crippen LogP contribution in [0.3, 0.4) is 0 Å². The van der Waals surface area contributed by atoms with E-state index in [0.29, 0.717) is 5.82 Å². The molecule has 190 valence electrons. The standard InChI is InChI=1S/C29H30BrN5OS/c1-20-31-29-35(32-20)28(36)27(37-29)26(23-12-14-24(30)15-13-23)34-18-16-33(17-19-34)25(21-8-4-2-5-9-21)22-10-6-3-7-11-22/h2-15,25-28,36H,16-19H2,1H3. The monoisotopic (exact) mass is 575 g/mol. The van der Waals surface area contributed by atoms with E-state index in [-0.39, 0.29) is 17.3 Å². The average molecular weight is 577 g/mol. The molecule has 0 radical (unpaired) electrons. The van der Waals surface area contributed by atoms with Crippen LogP contribution in [0.4, 0.5) is 0 Å². The molecule has 0 saturated carbocycles. The van der Waals surface area contributed by atoms with Crippen LogP contribution in [0, 0.1) is 6.92 Å². The van der Waals surface area contributed by atoms with E-state index in [4.69, 9.17) is 0 Å². The third kappa shape index (κ3) is 5.01. The molecule has 3 atom stereocenters. The molecule has 37 heavy (non-hydrogen) atoms. The molecular formula is C29H30BrN5OS. The molecule has 1 aromatic heterocycles. The summed E-state index contributed by atoms with van der Waals surface area (Å²) in [6.45, 7) is 5.58. The minimum Gasteiger partial charge on any atom is -0.370 e. The van der Waals surface area contributed by atoms with E-state index < -0.39 is 6.23 Å². The fourth-order valence-electron chi connectivity index (χ4n) is 5.64. The van der Waals surface area contributed by atoms with Gasteiger partial charge in [0.2, 0.25) is 0 Å². The van der Waals surface area contributed by atoms with Crippen LogP contribution in [0.25, 0.3) is 0 Å². The minimum absolute atomic E-state index is 0.0472. The molecule has 6 nitrogen and oxygen atoms in total. The average Bonchev–Trinajstić information content (AvgIpc) is 3.44. The fourth-order valence-corrected chi connectivity index (χ4v) is 7.28. The van der Waals surface area contributed by atoms with Gasteiger partial charge in [0.05, 0.1) is 17.3 Å². The number of piperazine rings is 1. The summed E-state index contributed by atoms with van der Waals surface area (Å²) in [6.07, 6.45) is -0.714. The number of thioether (sulfide) groups is 1. The van der Waals surface area contributed by atoms with Crippen LogP contribution in [0.2, 0.25) is 0 Å². The van der Waals surface area contributed by atoms with Gasteiger partial charge in [-0.15, -0.1) is 0 Å². The van der Waals surface area contributed by atoms with E-state index in [1.54, 1.807) is 16.4 Å². The number of aliphatic hydroxyl groups is 1. The van der Waals surface area contributed by atoms with Crippen LogP contribution >= 0.6 is 27.7 Å². The lowest BCUT2D eigenvalue weighted by atomic mass is 9.95. The highest BCUT2D eigenvalue weighted by molar-refractivity contribution is 9.10. The molecule has 0 bridgehead atoms. The van der Waals surface area contributed by atoms with Crippen LogP contribution in [0.1, 0.15) is 40.8 Å². The van der Waals surface area contributed by atoms with Gasteiger partial charge in [-0.3, -0.25) is 9.80 Å². The number of hydrogen-bond acceptors (Lipinski definition) is 6. The normalized spacial score (nSPS) is 21.3. The van der Waals surface area contributed by atoms with Crippen molar-refractivity contribution in [3.8, 4) is 0 Å². The Labute approximate surface area is 230 Å². The maximum atomic E-state index is 11.3. The Morgan fingerprint density at radius 3 is 1.95 bits per heavy atom. The number of aryl methyl sites for hydroxylation is 1. The fraction of sp³-hybridized carbons (Fsp3) is 0.310. The summed E-state index contributed by atoms with van der Waals surface area (Å²) in [5.74, 6) is 0.696. The first-order chi connectivity index (χ1) is 18.1. The molecule has 1 N–H and O–H groups in total. The molecule has 3 aromatic carbocycles. The lowest BCUT2D eigenvalue weighted by molar-refractivity contribution is 0.0278. The number of aliphatic hydroxyl groups excluding tert-OH is 1. The zero-order chi connectivity index (χ0) is 25.4. The molecule has 0 amide bonds. The number of hydrogen-bond donors (Lipinski definition) is 1. The first-order valence-electron chi connectivity index (χ1n) is 12.7. The maximum absolute atomic E-state index is 11.3. The van der Waals surface area contributed by atoms with Crippen molar-refractivity contribution in [2.75, 3.05) is 26.2 Å². The minimum atomic E-state index is -0.714. The number of nitrogens with zero attached hydrogens (tertiary/aromatic N) is 5. The second-order valence-electron chi connectivity index (χ2n) is 9.67. The van der Waals surface area contributed by atoms with Gasteiger partial charge in [0.25, 0.3) is 0 Å². The van der Waals surface area contributed by atoms with Gasteiger partial charge >= 0.3 is 0 Å². The number of aromatic nitrogens is 3. The summed E-state index contributed by atoms with van der Waals surface area (Å²) < 4.78 is 2.74. The molecule has 2 aliphatic heterocycles. The van der Waals surface area contributed by atoms with Crippen LogP contribution in [0.15, 0.2) is 94.6 Å². The van der Waals surface area contributed by atoms with Gasteiger partial charge in [0.1, 0.15) is 5.82 Å². The molecular weight excluding hydrogens is 546 g/mol. The zero-order valence-electron chi connectivity index (χ0n) is 20.7. The van der Waals surface area contributed by atoms with E-state index in [9.17, 15) is 5.11 Å². The largest absolute Gasteiger partial charge is 0.370 e. The summed E-state index contributed by atoms with van der Waals surface area (Å²) in [7, 11) is 0. The molecule has 4 aromatic rings. The third-order valence-electron chi connectivity index (χ3n) is 7.35. The van der Waals surface area contributed by atoms with Crippen molar-refractivity contribution in [2.24, 2.45) is 0 Å². The van der Waals surface area contributed by atoms with E-state index in [0.717, 1.165) is 35.8 Å². The third-order valence-corrected chi connectivity index (χ3v) is 9.14. The summed E-state index contributed by atoms with van der Waals surface area (Å²) in [4.78, 5) is 9.68. The SMILES string of the molecule is Cc1nc2n(n1)C(O)C(C(c1ccc(Br)cc1)N1CCN(C(c3ccccc3)c3ccccc3)CC1)S2. The molecule has 6 rings (SSSR count). The number of rotatable bonds is 6. The molecule has 0 aliphatic carbocycles. The first kappa shape index (κ1) is 24.8. The molecule has 0 spiro atoms. The molecule has 2 aliphatic rings. The van der Waals surface area contributed by atoms with E-state index in [1.165, 1.54) is 16.7 Å². The van der Waals surface area contributed by atoms with Crippen molar-refractivity contribution >= 4 is 27.7 Å². The Morgan fingerprint density at radius 1 is 0.811 bits per heavy atom. The smallest absolute Gasteiger partial charge is 0.189 e. The van der Waals surface area contributed by atoms with Crippen LogP contribution in [-0.4, -0.2) is 61.1 Å². The molecule has 1 fully saturated rings. The molecule has 1 saturated heterocycles. The lowest BCUT2D eigenvalue weighted by Crippen LogP contribution is -2.51. The topological polar surface area (TPSA) is 57.4 Å². The van der Waals surface area contributed by atoms with Crippen LogP contribution in [-0.2, 0) is 0 Å². The maximum Gasteiger partial charge on any atom is 0.189 e. The van der Waals surface area contributed by atoms with E-state index >= 15 is 0 Å². The number of benzene rings is 3. The molecule has 8 heteroatoms. The van der Waals surface area contributed by atoms with Gasteiger partial charge in [-0.1, -0.05) is 100 Å². The summed E-state index contributed by atoms with van der Waals surface area (Å²) in [6, 6.07) is 30.4. The quantitative estimate of drug-likeness (QED) is 0.329. The van der Waals surface area contributed by atoms with Gasteiger partial charge in [-0.2, -0.15) is 5.10 Å². The van der Waals surface area contributed by atoms with Gasteiger partial charge in [-0.05, 0) is 35.7 Å². The van der Waals surface area contributed by atoms with E-state index in [2.05, 4.69) is 121 Å². The highest BCUT2D eigenvalue weighted by Crippen LogP contribution is 2.46. The van der Waals surface area contributed by atoms with Crippen molar-refractivity contribution in [3.05, 3.63) is 112 Å². The highest BCUT2D eigenvalue weighted by atomic mass is 79.9. The van der Waals surface area contributed by atoms with Gasteiger partial charge in [0, 0.05) is 30.7 Å². The Hall–Kier alpha value is -2.49. The number of halogens is 1. The summed E-state index contributed by atoms with van der Waals surface area (Å²) in [5, 5.41) is 16.5. The Balaban J connectivity index is 1.27. The van der Waals surface area contributed by atoms with E-state index in [1.807, 2.05) is 6.92 Å².